The molecule has 0 aliphatic rings. The number of carbonyl (C=O) groups is 3. The summed E-state index contributed by atoms with van der Waals surface area (Å²) in [6.45, 7) is 4.89. The van der Waals surface area contributed by atoms with Crippen molar-refractivity contribution in [2.45, 2.75) is 322 Å². The summed E-state index contributed by atoms with van der Waals surface area (Å²) < 4.78 is 22.8. The van der Waals surface area contributed by atoms with Gasteiger partial charge in [0.15, 0.2) is 6.10 Å². The largest absolute Gasteiger partial charge is 0.477 e. The number of aliphatic carboxylic acids is 1. The number of quaternary nitrogens is 1. The summed E-state index contributed by atoms with van der Waals surface area (Å²) in [5.74, 6) is -1.99. The quantitative estimate of drug-likeness (QED) is 0.0278. The Kier molecular flexibility index (Phi) is 51.3. The van der Waals surface area contributed by atoms with E-state index in [-0.39, 0.29) is 38.2 Å². The average molecular weight is 982 g/mol. The Hall–Kier alpha value is -1.71. The lowest BCUT2D eigenvalue weighted by atomic mass is 10.0. The van der Waals surface area contributed by atoms with Crippen LogP contribution in [0.5, 0.6) is 0 Å². The molecule has 0 aliphatic heterocycles. The number of rotatable bonds is 57. The molecule has 9 heteroatoms. The predicted molar refractivity (Wildman–Crippen MR) is 291 cm³/mol. The van der Waals surface area contributed by atoms with Gasteiger partial charge in [0.05, 0.1) is 34.4 Å². The molecule has 0 amide bonds. The Bertz CT molecular complexity index is 1100. The van der Waals surface area contributed by atoms with E-state index in [9.17, 15) is 19.5 Å². The maximum atomic E-state index is 12.8. The highest BCUT2D eigenvalue weighted by molar-refractivity contribution is 5.71. The Balaban J connectivity index is 3.84. The van der Waals surface area contributed by atoms with Gasteiger partial charge in [-0.15, -0.1) is 0 Å². The Morgan fingerprint density at radius 3 is 0.928 bits per heavy atom. The summed E-state index contributed by atoms with van der Waals surface area (Å²) in [6.07, 6.45) is 56.7. The molecule has 2 unspecified atom stereocenters. The highest BCUT2D eigenvalue weighted by Gasteiger charge is 2.25. The van der Waals surface area contributed by atoms with Crippen LogP contribution in [0.15, 0.2) is 0 Å². The van der Waals surface area contributed by atoms with Gasteiger partial charge in [0, 0.05) is 12.8 Å². The molecule has 0 aromatic carbocycles. The first-order valence-electron chi connectivity index (χ1n) is 30.2. The van der Waals surface area contributed by atoms with E-state index >= 15 is 0 Å². The minimum Gasteiger partial charge on any atom is -0.477 e. The molecule has 2 atom stereocenters. The van der Waals surface area contributed by atoms with Crippen LogP contribution >= 0.6 is 0 Å². The van der Waals surface area contributed by atoms with Gasteiger partial charge in [-0.05, 0) is 12.8 Å². The van der Waals surface area contributed by atoms with E-state index in [2.05, 4.69) is 13.8 Å². The predicted octanol–water partition coefficient (Wildman–Crippen LogP) is 17.6. The third-order valence-electron chi connectivity index (χ3n) is 13.9. The molecule has 1 N–H and O–H groups in total. The van der Waals surface area contributed by atoms with E-state index in [1.54, 1.807) is 0 Å². The van der Waals surface area contributed by atoms with Crippen LogP contribution in [0.25, 0.3) is 0 Å². The molecule has 0 aliphatic carbocycles. The summed E-state index contributed by atoms with van der Waals surface area (Å²) >= 11 is 0. The summed E-state index contributed by atoms with van der Waals surface area (Å²) in [6, 6.07) is 0. The standard InChI is InChI=1S/C60H117NO8/c1-6-8-10-12-14-16-17-18-19-20-21-22-23-24-25-26-27-28-29-30-31-32-33-34-35-36-37-38-39-40-41-42-43-45-47-49-51-58(63)69-56(55-68-60(59(64)65)66-53-52-61(3,4)5)54-67-57(62)50-48-46-44-15-13-11-9-7-2/h56,60H,6-55H2,1-5H3/p+1. The third-order valence-corrected chi connectivity index (χ3v) is 13.9. The van der Waals surface area contributed by atoms with Gasteiger partial charge in [-0.2, -0.15) is 0 Å². The zero-order valence-electron chi connectivity index (χ0n) is 46.8. The van der Waals surface area contributed by atoms with Crippen molar-refractivity contribution in [2.24, 2.45) is 0 Å². The molecule has 0 saturated heterocycles. The van der Waals surface area contributed by atoms with Gasteiger partial charge >= 0.3 is 17.9 Å². The van der Waals surface area contributed by atoms with Crippen molar-refractivity contribution in [3.63, 3.8) is 0 Å². The Morgan fingerprint density at radius 1 is 0.377 bits per heavy atom. The van der Waals surface area contributed by atoms with Gasteiger partial charge in [0.25, 0.3) is 6.29 Å². The lowest BCUT2D eigenvalue weighted by Gasteiger charge is -2.25. The fraction of sp³-hybridized carbons (Fsp3) is 0.950. The normalized spacial score (nSPS) is 12.7. The number of hydrogen-bond donors (Lipinski definition) is 1. The van der Waals surface area contributed by atoms with Gasteiger partial charge in [-0.1, -0.05) is 284 Å². The fourth-order valence-corrected chi connectivity index (χ4v) is 9.19. The van der Waals surface area contributed by atoms with E-state index in [1.807, 2.05) is 21.1 Å². The zero-order valence-corrected chi connectivity index (χ0v) is 46.8. The van der Waals surface area contributed by atoms with Crippen LogP contribution in [0.3, 0.4) is 0 Å². The number of ether oxygens (including phenoxy) is 4. The second-order valence-electron chi connectivity index (χ2n) is 22.0. The fourth-order valence-electron chi connectivity index (χ4n) is 9.19. The maximum absolute atomic E-state index is 12.8. The smallest absolute Gasteiger partial charge is 0.361 e. The van der Waals surface area contributed by atoms with E-state index in [0.29, 0.717) is 17.4 Å². The van der Waals surface area contributed by atoms with Crippen molar-refractivity contribution < 1.29 is 42.9 Å². The van der Waals surface area contributed by atoms with E-state index in [1.165, 1.54) is 244 Å². The average Bonchev–Trinajstić information content (AvgIpc) is 3.31. The SMILES string of the molecule is CCCCCCCCCCCCCCCCCCCCCCCCCCCCCCCCCCCCCCC(=O)OC(COC(=O)CCCCCCCCCC)COC(OCC[N+](C)(C)C)C(=O)O. The summed E-state index contributed by atoms with van der Waals surface area (Å²) in [4.78, 5) is 37.1. The van der Waals surface area contributed by atoms with E-state index in [4.69, 9.17) is 18.9 Å². The second-order valence-corrected chi connectivity index (χ2v) is 22.0. The number of esters is 2. The van der Waals surface area contributed by atoms with Crippen LogP contribution in [0, 0.1) is 0 Å². The molecule has 0 spiro atoms. The first kappa shape index (κ1) is 67.3. The lowest BCUT2D eigenvalue weighted by Crippen LogP contribution is -2.40. The number of likely N-dealkylation sites (N-methyl/N-ethyl adjacent to an activating group) is 1. The molecule has 0 saturated carbocycles. The van der Waals surface area contributed by atoms with Crippen molar-refractivity contribution in [3.05, 3.63) is 0 Å². The van der Waals surface area contributed by atoms with Gasteiger partial charge in [-0.25, -0.2) is 4.79 Å². The molecule has 9 nitrogen and oxygen atoms in total. The molecule has 0 aromatic heterocycles. The van der Waals surface area contributed by atoms with Crippen LogP contribution in [0.1, 0.15) is 309 Å². The molecular formula is C60H118NO8+. The minimum absolute atomic E-state index is 0.174. The topological polar surface area (TPSA) is 108 Å². The molecule has 0 radical (unpaired) electrons. The van der Waals surface area contributed by atoms with Gasteiger partial charge in [0.1, 0.15) is 13.2 Å². The molecule has 0 aromatic rings. The molecule has 0 bridgehead atoms. The third kappa shape index (κ3) is 53.9. The van der Waals surface area contributed by atoms with Crippen LogP contribution in [0.4, 0.5) is 0 Å². The van der Waals surface area contributed by atoms with Crippen molar-refractivity contribution >= 4 is 17.9 Å². The number of unbranched alkanes of at least 4 members (excludes halogenated alkanes) is 42. The van der Waals surface area contributed by atoms with Crippen molar-refractivity contribution in [1.29, 1.82) is 0 Å². The summed E-state index contributed by atoms with van der Waals surface area (Å²) in [7, 11) is 5.97. The van der Waals surface area contributed by atoms with Gasteiger partial charge in [0.2, 0.25) is 0 Å². The molecular weight excluding hydrogens is 863 g/mol. The van der Waals surface area contributed by atoms with Crippen LogP contribution in [-0.2, 0) is 33.3 Å². The minimum atomic E-state index is -1.50. The van der Waals surface area contributed by atoms with E-state index < -0.39 is 18.4 Å². The maximum Gasteiger partial charge on any atom is 0.361 e. The zero-order chi connectivity index (χ0) is 50.6. The molecule has 0 fully saturated rings. The monoisotopic (exact) mass is 981 g/mol. The number of carboxylic acids is 1. The molecule has 0 heterocycles. The molecule has 69 heavy (non-hydrogen) atoms. The van der Waals surface area contributed by atoms with Crippen molar-refractivity contribution in [3.8, 4) is 0 Å². The molecule has 410 valence electrons. The van der Waals surface area contributed by atoms with Gasteiger partial charge in [-0.3, -0.25) is 9.59 Å². The number of carboxylic acid groups (broad SMARTS) is 1. The molecule has 0 rings (SSSR count). The number of hydrogen-bond acceptors (Lipinski definition) is 7. The van der Waals surface area contributed by atoms with Gasteiger partial charge < -0.3 is 28.5 Å². The number of carbonyl (C=O) groups excluding carboxylic acids is 2. The summed E-state index contributed by atoms with van der Waals surface area (Å²) in [5.41, 5.74) is 0. The second kappa shape index (κ2) is 52.6. The summed E-state index contributed by atoms with van der Waals surface area (Å²) in [5, 5.41) is 9.65. The highest BCUT2D eigenvalue weighted by Crippen LogP contribution is 2.18. The van der Waals surface area contributed by atoms with Crippen molar-refractivity contribution in [1.82, 2.24) is 0 Å². The van der Waals surface area contributed by atoms with Crippen LogP contribution in [0.2, 0.25) is 0 Å². The highest BCUT2D eigenvalue weighted by atomic mass is 16.7. The lowest BCUT2D eigenvalue weighted by molar-refractivity contribution is -0.870. The number of nitrogens with zero attached hydrogens (tertiary/aromatic N) is 1. The Labute approximate surface area is 428 Å². The first-order valence-corrected chi connectivity index (χ1v) is 30.2. The van der Waals surface area contributed by atoms with E-state index in [0.717, 1.165) is 38.5 Å². The first-order chi connectivity index (χ1) is 33.6. The van der Waals surface area contributed by atoms with Crippen molar-refractivity contribution in [2.75, 3.05) is 47.5 Å². The van der Waals surface area contributed by atoms with Crippen LogP contribution in [-0.4, -0.2) is 87.4 Å². The van der Waals surface area contributed by atoms with Crippen LogP contribution < -0.4 is 0 Å². The Morgan fingerprint density at radius 2 is 0.652 bits per heavy atom.